The zero-order valence-electron chi connectivity index (χ0n) is 11.4. The maximum Gasteiger partial charge on any atom is 0.119 e. The number of ether oxygens (including phenoxy) is 1. The summed E-state index contributed by atoms with van der Waals surface area (Å²) >= 11 is 1.68. The average molecular weight is 276 g/mol. The van der Waals surface area contributed by atoms with Gasteiger partial charge in [0.15, 0.2) is 0 Å². The van der Waals surface area contributed by atoms with Crippen molar-refractivity contribution >= 4 is 11.3 Å². The normalized spacial score (nSPS) is 12.3. The first kappa shape index (κ1) is 14.0. The van der Waals surface area contributed by atoms with Gasteiger partial charge in [0.25, 0.3) is 0 Å². The number of benzene rings is 1. The van der Waals surface area contributed by atoms with Crippen molar-refractivity contribution in [2.45, 2.75) is 32.9 Å². The van der Waals surface area contributed by atoms with Crippen LogP contribution in [-0.4, -0.2) is 11.6 Å². The summed E-state index contributed by atoms with van der Waals surface area (Å²) in [7, 11) is 0. The molecule has 0 bridgehead atoms. The van der Waals surface area contributed by atoms with Crippen molar-refractivity contribution in [3.8, 4) is 5.75 Å². The van der Waals surface area contributed by atoms with Crippen LogP contribution in [0.3, 0.4) is 0 Å². The van der Waals surface area contributed by atoms with Crippen molar-refractivity contribution in [1.29, 1.82) is 0 Å². The van der Waals surface area contributed by atoms with E-state index >= 15 is 0 Å². The van der Waals surface area contributed by atoms with Crippen LogP contribution in [0.25, 0.3) is 0 Å². The predicted octanol–water partition coefficient (Wildman–Crippen LogP) is 3.78. The Bertz CT molecular complexity index is 467. The van der Waals surface area contributed by atoms with Crippen LogP contribution < -0.4 is 10.1 Å². The lowest BCUT2D eigenvalue weighted by Crippen LogP contribution is -2.17. The standard InChI is InChI=1S/C15H20N2OS/c1-3-9-18-14-6-4-13(5-7-14)12(2)17-11-15-16-8-10-19-15/h4-8,10,12,17H,3,9,11H2,1-2H3. The summed E-state index contributed by atoms with van der Waals surface area (Å²) in [6.07, 6.45) is 2.87. The molecule has 0 aliphatic carbocycles. The Morgan fingerprint density at radius 1 is 1.32 bits per heavy atom. The quantitative estimate of drug-likeness (QED) is 0.835. The first-order valence-electron chi connectivity index (χ1n) is 6.64. The summed E-state index contributed by atoms with van der Waals surface area (Å²) in [5.74, 6) is 0.942. The minimum atomic E-state index is 0.309. The molecule has 0 aliphatic heterocycles. The number of nitrogens with zero attached hydrogens (tertiary/aromatic N) is 1. The van der Waals surface area contributed by atoms with E-state index in [9.17, 15) is 0 Å². The van der Waals surface area contributed by atoms with E-state index in [1.165, 1.54) is 5.56 Å². The SMILES string of the molecule is CCCOc1ccc(C(C)NCc2nccs2)cc1. The summed E-state index contributed by atoms with van der Waals surface area (Å²) in [6.45, 7) is 5.86. The molecule has 1 aromatic carbocycles. The van der Waals surface area contributed by atoms with E-state index in [4.69, 9.17) is 4.74 Å². The second-order valence-corrected chi connectivity index (χ2v) is 5.43. The number of rotatable bonds is 7. The second kappa shape index (κ2) is 7.26. The fraction of sp³-hybridized carbons (Fsp3) is 0.400. The Hall–Kier alpha value is -1.39. The van der Waals surface area contributed by atoms with Gasteiger partial charge in [0.2, 0.25) is 0 Å². The Morgan fingerprint density at radius 2 is 2.11 bits per heavy atom. The van der Waals surface area contributed by atoms with Gasteiger partial charge in [-0.2, -0.15) is 0 Å². The van der Waals surface area contributed by atoms with Crippen molar-refractivity contribution in [3.05, 3.63) is 46.4 Å². The Kier molecular flexibility index (Phi) is 5.36. The third-order valence-electron chi connectivity index (χ3n) is 2.90. The van der Waals surface area contributed by atoms with Gasteiger partial charge in [-0.15, -0.1) is 11.3 Å². The number of nitrogens with one attached hydrogen (secondary N) is 1. The van der Waals surface area contributed by atoms with Gasteiger partial charge >= 0.3 is 0 Å². The van der Waals surface area contributed by atoms with Crippen molar-refractivity contribution < 1.29 is 4.74 Å². The van der Waals surface area contributed by atoms with Gasteiger partial charge in [-0.05, 0) is 31.0 Å². The fourth-order valence-electron chi connectivity index (χ4n) is 1.77. The van der Waals surface area contributed by atoms with Crippen LogP contribution in [0.4, 0.5) is 0 Å². The van der Waals surface area contributed by atoms with E-state index in [-0.39, 0.29) is 0 Å². The molecule has 0 spiro atoms. The molecule has 0 amide bonds. The Morgan fingerprint density at radius 3 is 2.74 bits per heavy atom. The molecule has 2 rings (SSSR count). The topological polar surface area (TPSA) is 34.1 Å². The lowest BCUT2D eigenvalue weighted by Gasteiger charge is -2.14. The van der Waals surface area contributed by atoms with E-state index < -0.39 is 0 Å². The molecule has 1 heterocycles. The van der Waals surface area contributed by atoms with E-state index in [0.717, 1.165) is 30.3 Å². The number of thiazole rings is 1. The van der Waals surface area contributed by atoms with E-state index in [2.05, 4.69) is 36.3 Å². The van der Waals surface area contributed by atoms with Gasteiger partial charge in [0, 0.05) is 24.2 Å². The summed E-state index contributed by atoms with van der Waals surface area (Å²) in [5, 5.41) is 6.59. The molecule has 0 aliphatic rings. The van der Waals surface area contributed by atoms with Gasteiger partial charge in [-0.1, -0.05) is 19.1 Å². The van der Waals surface area contributed by atoms with Crippen molar-refractivity contribution in [2.75, 3.05) is 6.61 Å². The maximum atomic E-state index is 5.58. The summed E-state index contributed by atoms with van der Waals surface area (Å²) in [6, 6.07) is 8.61. The number of hydrogen-bond donors (Lipinski definition) is 1. The molecule has 0 saturated carbocycles. The smallest absolute Gasteiger partial charge is 0.119 e. The van der Waals surface area contributed by atoms with Gasteiger partial charge < -0.3 is 10.1 Å². The molecule has 2 aromatic rings. The zero-order chi connectivity index (χ0) is 13.5. The van der Waals surface area contributed by atoms with E-state index in [1.54, 1.807) is 11.3 Å². The van der Waals surface area contributed by atoms with Gasteiger partial charge in [-0.3, -0.25) is 0 Å². The molecule has 0 radical (unpaired) electrons. The highest BCUT2D eigenvalue weighted by molar-refractivity contribution is 7.09. The molecule has 0 saturated heterocycles. The van der Waals surface area contributed by atoms with Gasteiger partial charge in [0.05, 0.1) is 6.61 Å². The molecular formula is C15H20N2OS. The Labute approximate surface area is 118 Å². The summed E-state index contributed by atoms with van der Waals surface area (Å²) in [4.78, 5) is 4.27. The number of aromatic nitrogens is 1. The largest absolute Gasteiger partial charge is 0.494 e. The van der Waals surface area contributed by atoms with Crippen LogP contribution in [0.1, 0.15) is 36.9 Å². The van der Waals surface area contributed by atoms with Crippen LogP contribution in [0, 0.1) is 0 Å². The van der Waals surface area contributed by atoms with Gasteiger partial charge in [0.1, 0.15) is 10.8 Å². The van der Waals surface area contributed by atoms with Crippen LogP contribution in [-0.2, 0) is 6.54 Å². The zero-order valence-corrected chi connectivity index (χ0v) is 12.2. The summed E-state index contributed by atoms with van der Waals surface area (Å²) in [5.41, 5.74) is 1.26. The molecule has 1 atom stereocenters. The highest BCUT2D eigenvalue weighted by Crippen LogP contribution is 2.18. The van der Waals surface area contributed by atoms with Crippen molar-refractivity contribution in [2.24, 2.45) is 0 Å². The lowest BCUT2D eigenvalue weighted by atomic mass is 10.1. The van der Waals surface area contributed by atoms with Crippen molar-refractivity contribution in [3.63, 3.8) is 0 Å². The third kappa shape index (κ3) is 4.33. The molecule has 3 nitrogen and oxygen atoms in total. The minimum absolute atomic E-state index is 0.309. The highest BCUT2D eigenvalue weighted by Gasteiger charge is 2.06. The van der Waals surface area contributed by atoms with Crippen LogP contribution in [0.5, 0.6) is 5.75 Å². The molecule has 4 heteroatoms. The van der Waals surface area contributed by atoms with E-state index in [1.807, 2.05) is 23.7 Å². The predicted molar refractivity (Wildman–Crippen MR) is 79.6 cm³/mol. The minimum Gasteiger partial charge on any atom is -0.494 e. The fourth-order valence-corrected chi connectivity index (χ4v) is 2.34. The molecule has 0 fully saturated rings. The first-order valence-corrected chi connectivity index (χ1v) is 7.52. The van der Waals surface area contributed by atoms with Crippen LogP contribution >= 0.6 is 11.3 Å². The molecule has 1 unspecified atom stereocenters. The van der Waals surface area contributed by atoms with E-state index in [0.29, 0.717) is 6.04 Å². The van der Waals surface area contributed by atoms with Gasteiger partial charge in [-0.25, -0.2) is 4.98 Å². The van der Waals surface area contributed by atoms with Crippen LogP contribution in [0.2, 0.25) is 0 Å². The highest BCUT2D eigenvalue weighted by atomic mass is 32.1. The second-order valence-electron chi connectivity index (χ2n) is 4.45. The lowest BCUT2D eigenvalue weighted by molar-refractivity contribution is 0.317. The molecule has 19 heavy (non-hydrogen) atoms. The molecule has 102 valence electrons. The summed E-state index contributed by atoms with van der Waals surface area (Å²) < 4.78 is 5.58. The number of hydrogen-bond acceptors (Lipinski definition) is 4. The van der Waals surface area contributed by atoms with Crippen LogP contribution in [0.15, 0.2) is 35.8 Å². The van der Waals surface area contributed by atoms with Crippen molar-refractivity contribution in [1.82, 2.24) is 10.3 Å². The monoisotopic (exact) mass is 276 g/mol. The average Bonchev–Trinajstić information content (AvgIpc) is 2.96. The maximum absolute atomic E-state index is 5.58. The first-order chi connectivity index (χ1) is 9.29. The third-order valence-corrected chi connectivity index (χ3v) is 3.68. The molecule has 1 N–H and O–H groups in total. The molecular weight excluding hydrogens is 256 g/mol. The Balaban J connectivity index is 1.86. The molecule has 1 aromatic heterocycles.